The van der Waals surface area contributed by atoms with Crippen LogP contribution in [0.1, 0.15) is 5.56 Å². The number of aryl methyl sites for hydroxylation is 1. The van der Waals surface area contributed by atoms with Crippen LogP contribution in [0.4, 0.5) is 18.9 Å². The molecule has 0 radical (unpaired) electrons. The summed E-state index contributed by atoms with van der Waals surface area (Å²) in [6.07, 6.45) is -4.54. The summed E-state index contributed by atoms with van der Waals surface area (Å²) >= 11 is 1.05. The average molecular weight is 391 g/mol. The Kier molecular flexibility index (Phi) is 6.80. The van der Waals surface area contributed by atoms with Gasteiger partial charge in [0.25, 0.3) is 0 Å². The minimum Gasteiger partial charge on any atom is -0.489 e. The SMILES string of the molecule is COCCOc1ccc(C(F)(F)F)cc1NC(=O)CSc1nnnn1C. The Morgan fingerprint density at radius 3 is 2.73 bits per heavy atom. The third kappa shape index (κ3) is 5.59. The van der Waals surface area contributed by atoms with Crippen molar-refractivity contribution in [3.63, 3.8) is 0 Å². The number of anilines is 1. The highest BCUT2D eigenvalue weighted by molar-refractivity contribution is 7.99. The molecule has 12 heteroatoms. The number of hydrogen-bond donors (Lipinski definition) is 1. The molecule has 1 amide bonds. The van der Waals surface area contributed by atoms with Gasteiger partial charge in [-0.3, -0.25) is 4.79 Å². The van der Waals surface area contributed by atoms with Gasteiger partial charge in [-0.05, 0) is 28.6 Å². The summed E-state index contributed by atoms with van der Waals surface area (Å²) in [7, 11) is 3.08. The molecule has 1 N–H and O–H groups in total. The van der Waals surface area contributed by atoms with E-state index in [1.807, 2.05) is 0 Å². The number of carbonyl (C=O) groups is 1. The number of ether oxygens (including phenoxy) is 2. The van der Waals surface area contributed by atoms with Crippen molar-refractivity contribution in [2.75, 3.05) is 31.4 Å². The number of nitrogens with zero attached hydrogens (tertiary/aromatic N) is 4. The van der Waals surface area contributed by atoms with E-state index in [1.165, 1.54) is 11.8 Å². The smallest absolute Gasteiger partial charge is 0.416 e. The quantitative estimate of drug-likeness (QED) is 0.543. The highest BCUT2D eigenvalue weighted by Gasteiger charge is 2.31. The number of nitrogens with one attached hydrogen (secondary N) is 1. The number of rotatable bonds is 8. The Morgan fingerprint density at radius 2 is 2.12 bits per heavy atom. The lowest BCUT2D eigenvalue weighted by atomic mass is 10.1. The van der Waals surface area contributed by atoms with E-state index in [-0.39, 0.29) is 30.4 Å². The molecule has 142 valence electrons. The number of aromatic nitrogens is 4. The second-order valence-corrected chi connectivity index (χ2v) is 5.91. The van der Waals surface area contributed by atoms with Crippen molar-refractivity contribution < 1.29 is 27.4 Å². The van der Waals surface area contributed by atoms with Gasteiger partial charge in [-0.15, -0.1) is 5.10 Å². The monoisotopic (exact) mass is 391 g/mol. The molecule has 0 aliphatic rings. The fraction of sp³-hybridized carbons (Fsp3) is 0.429. The third-order valence-electron chi connectivity index (χ3n) is 3.04. The average Bonchev–Trinajstić information content (AvgIpc) is 2.98. The van der Waals surface area contributed by atoms with Crippen molar-refractivity contribution in [1.29, 1.82) is 0 Å². The van der Waals surface area contributed by atoms with Crippen LogP contribution >= 0.6 is 11.8 Å². The lowest BCUT2D eigenvalue weighted by Crippen LogP contribution is -2.17. The molecule has 0 aliphatic heterocycles. The second-order valence-electron chi connectivity index (χ2n) is 4.97. The van der Waals surface area contributed by atoms with Crippen LogP contribution in [0.2, 0.25) is 0 Å². The number of alkyl halides is 3. The first-order valence-electron chi connectivity index (χ1n) is 7.29. The lowest BCUT2D eigenvalue weighted by molar-refractivity contribution is -0.137. The number of hydrogen-bond acceptors (Lipinski definition) is 7. The molecule has 0 fully saturated rings. The molecule has 2 aromatic rings. The molecular weight excluding hydrogens is 375 g/mol. The first-order valence-corrected chi connectivity index (χ1v) is 8.28. The highest BCUT2D eigenvalue weighted by atomic mass is 32.2. The highest BCUT2D eigenvalue weighted by Crippen LogP contribution is 2.35. The Hall–Kier alpha value is -2.34. The van der Waals surface area contributed by atoms with Crippen molar-refractivity contribution in [2.45, 2.75) is 11.3 Å². The number of benzene rings is 1. The molecule has 0 saturated heterocycles. The van der Waals surface area contributed by atoms with Crippen molar-refractivity contribution >= 4 is 23.4 Å². The molecule has 1 aromatic heterocycles. The Balaban J connectivity index is 2.10. The van der Waals surface area contributed by atoms with E-state index in [9.17, 15) is 18.0 Å². The van der Waals surface area contributed by atoms with Gasteiger partial charge in [-0.2, -0.15) is 13.2 Å². The van der Waals surface area contributed by atoms with E-state index in [4.69, 9.17) is 9.47 Å². The molecule has 8 nitrogen and oxygen atoms in total. The normalized spacial score (nSPS) is 11.4. The molecule has 0 unspecified atom stereocenters. The van der Waals surface area contributed by atoms with Crippen molar-refractivity contribution in [2.24, 2.45) is 7.05 Å². The number of thioether (sulfide) groups is 1. The summed E-state index contributed by atoms with van der Waals surface area (Å²) < 4.78 is 50.3. The Bertz CT molecular complexity index is 754. The van der Waals surface area contributed by atoms with Crippen LogP contribution in [0.3, 0.4) is 0 Å². The summed E-state index contributed by atoms with van der Waals surface area (Å²) in [6.45, 7) is 0.382. The van der Waals surface area contributed by atoms with Crippen LogP contribution in [0.25, 0.3) is 0 Å². The number of carbonyl (C=O) groups excluding carboxylic acids is 1. The van der Waals surface area contributed by atoms with Crippen molar-refractivity contribution in [3.05, 3.63) is 23.8 Å². The van der Waals surface area contributed by atoms with Crippen LogP contribution in [0.5, 0.6) is 5.75 Å². The van der Waals surface area contributed by atoms with Gasteiger partial charge in [0, 0.05) is 14.2 Å². The van der Waals surface area contributed by atoms with Crippen LogP contribution in [-0.2, 0) is 22.8 Å². The predicted molar refractivity (Wildman–Crippen MR) is 87.0 cm³/mol. The lowest BCUT2D eigenvalue weighted by Gasteiger charge is -2.15. The molecule has 0 saturated carbocycles. The van der Waals surface area contributed by atoms with Gasteiger partial charge in [-0.1, -0.05) is 11.8 Å². The summed E-state index contributed by atoms with van der Waals surface area (Å²) in [6, 6.07) is 2.88. The number of amides is 1. The summed E-state index contributed by atoms with van der Waals surface area (Å²) in [4.78, 5) is 12.1. The van der Waals surface area contributed by atoms with Crippen LogP contribution in [0, 0.1) is 0 Å². The first kappa shape index (κ1) is 20.0. The zero-order valence-electron chi connectivity index (χ0n) is 13.9. The van der Waals surface area contributed by atoms with Gasteiger partial charge in [0.2, 0.25) is 11.1 Å². The topological polar surface area (TPSA) is 91.2 Å². The molecule has 0 bridgehead atoms. The first-order chi connectivity index (χ1) is 12.3. The van der Waals surface area contributed by atoms with E-state index in [0.29, 0.717) is 5.16 Å². The molecule has 0 atom stereocenters. The summed E-state index contributed by atoms with van der Waals surface area (Å²) in [5, 5.41) is 13.6. The second kappa shape index (κ2) is 8.85. The number of methoxy groups -OCH3 is 1. The molecule has 26 heavy (non-hydrogen) atoms. The van der Waals surface area contributed by atoms with E-state index in [0.717, 1.165) is 30.0 Å². The van der Waals surface area contributed by atoms with Crippen LogP contribution < -0.4 is 10.1 Å². The largest absolute Gasteiger partial charge is 0.489 e. The Labute approximate surface area is 151 Å². The predicted octanol–water partition coefficient (Wildman–Crippen LogP) is 1.98. The fourth-order valence-corrected chi connectivity index (χ4v) is 2.47. The van der Waals surface area contributed by atoms with Gasteiger partial charge < -0.3 is 14.8 Å². The maximum Gasteiger partial charge on any atom is 0.416 e. The maximum absolute atomic E-state index is 12.9. The molecule has 2 rings (SSSR count). The van der Waals surface area contributed by atoms with Crippen LogP contribution in [0.15, 0.2) is 23.4 Å². The van der Waals surface area contributed by atoms with Crippen LogP contribution in [-0.4, -0.2) is 52.2 Å². The number of tetrazole rings is 1. The molecule has 0 aliphatic carbocycles. The van der Waals surface area contributed by atoms with E-state index >= 15 is 0 Å². The molecule has 0 spiro atoms. The van der Waals surface area contributed by atoms with E-state index in [1.54, 1.807) is 7.05 Å². The summed E-state index contributed by atoms with van der Waals surface area (Å²) in [5.41, 5.74) is -0.963. The molecule has 1 heterocycles. The van der Waals surface area contributed by atoms with E-state index < -0.39 is 17.6 Å². The van der Waals surface area contributed by atoms with Crippen molar-refractivity contribution in [3.8, 4) is 5.75 Å². The third-order valence-corrected chi connectivity index (χ3v) is 4.05. The Morgan fingerprint density at radius 1 is 1.35 bits per heavy atom. The van der Waals surface area contributed by atoms with E-state index in [2.05, 4.69) is 20.8 Å². The van der Waals surface area contributed by atoms with Gasteiger partial charge >= 0.3 is 6.18 Å². The molecular formula is C14H16F3N5O3S. The van der Waals surface area contributed by atoms with Gasteiger partial charge in [-0.25, -0.2) is 4.68 Å². The minimum absolute atomic E-state index is 0.0716. The van der Waals surface area contributed by atoms with Gasteiger partial charge in [0.05, 0.1) is 23.6 Å². The maximum atomic E-state index is 12.9. The fourth-order valence-electron chi connectivity index (χ4n) is 1.82. The summed E-state index contributed by atoms with van der Waals surface area (Å²) in [5.74, 6) is -0.482. The zero-order valence-corrected chi connectivity index (χ0v) is 14.7. The van der Waals surface area contributed by atoms with Gasteiger partial charge in [0.15, 0.2) is 0 Å². The standard InChI is InChI=1S/C14H16F3N5O3S/c1-22-13(19-20-21-22)26-8-12(23)18-10-7-9(14(15,16)17)3-4-11(10)25-6-5-24-2/h3-4,7H,5-6,8H2,1-2H3,(H,18,23). The zero-order chi connectivity index (χ0) is 19.2. The molecule has 1 aromatic carbocycles. The minimum atomic E-state index is -4.54. The number of halogens is 3. The van der Waals surface area contributed by atoms with Crippen molar-refractivity contribution in [1.82, 2.24) is 20.2 Å². The van der Waals surface area contributed by atoms with Gasteiger partial charge in [0.1, 0.15) is 12.4 Å².